The molecular weight excluding hydrogens is 202 g/mol. The number of hydrogen-bond donors (Lipinski definition) is 2. The Bertz CT molecular complexity index is 534. The van der Waals surface area contributed by atoms with Crippen LogP contribution >= 0.6 is 0 Å². The SMILES string of the molecule is CCC(=O)Nc1cccc2ccc(O)cc12. The number of carbonyl (C=O) groups excluding carboxylic acids is 1. The number of phenols is 1. The predicted molar refractivity (Wildman–Crippen MR) is 64.5 cm³/mol. The number of carbonyl (C=O) groups is 1. The number of phenolic OH excluding ortho intramolecular Hbond substituents is 1. The molecule has 0 heterocycles. The van der Waals surface area contributed by atoms with Crippen molar-refractivity contribution in [1.82, 2.24) is 0 Å². The lowest BCUT2D eigenvalue weighted by Gasteiger charge is -2.08. The van der Waals surface area contributed by atoms with E-state index in [-0.39, 0.29) is 11.7 Å². The highest BCUT2D eigenvalue weighted by atomic mass is 16.3. The van der Waals surface area contributed by atoms with Crippen molar-refractivity contribution in [2.75, 3.05) is 5.32 Å². The first kappa shape index (κ1) is 10.5. The first-order chi connectivity index (χ1) is 7.70. The number of anilines is 1. The van der Waals surface area contributed by atoms with Crippen molar-refractivity contribution in [2.45, 2.75) is 13.3 Å². The minimum absolute atomic E-state index is 0.0316. The summed E-state index contributed by atoms with van der Waals surface area (Å²) in [7, 11) is 0. The predicted octanol–water partition coefficient (Wildman–Crippen LogP) is 2.89. The fourth-order valence-electron chi connectivity index (χ4n) is 1.61. The Morgan fingerprint density at radius 1 is 1.31 bits per heavy atom. The maximum Gasteiger partial charge on any atom is 0.224 e. The van der Waals surface area contributed by atoms with Gasteiger partial charge in [-0.3, -0.25) is 4.79 Å². The molecule has 0 spiro atoms. The summed E-state index contributed by atoms with van der Waals surface area (Å²) in [4.78, 5) is 11.3. The van der Waals surface area contributed by atoms with Crippen molar-refractivity contribution in [3.63, 3.8) is 0 Å². The van der Waals surface area contributed by atoms with Gasteiger partial charge in [-0.1, -0.05) is 25.1 Å². The highest BCUT2D eigenvalue weighted by Crippen LogP contribution is 2.26. The fourth-order valence-corrected chi connectivity index (χ4v) is 1.61. The van der Waals surface area contributed by atoms with E-state index in [4.69, 9.17) is 0 Å². The Morgan fingerprint density at radius 3 is 2.88 bits per heavy atom. The van der Waals surface area contributed by atoms with Gasteiger partial charge in [0.15, 0.2) is 0 Å². The Labute approximate surface area is 93.7 Å². The minimum atomic E-state index is -0.0316. The van der Waals surface area contributed by atoms with Crippen molar-refractivity contribution in [3.05, 3.63) is 36.4 Å². The maximum absolute atomic E-state index is 11.3. The molecule has 0 radical (unpaired) electrons. The minimum Gasteiger partial charge on any atom is -0.508 e. The van der Waals surface area contributed by atoms with Crippen LogP contribution in [0.3, 0.4) is 0 Å². The number of amides is 1. The average molecular weight is 215 g/mol. The van der Waals surface area contributed by atoms with Crippen LogP contribution in [0.5, 0.6) is 5.75 Å². The third kappa shape index (κ3) is 1.98. The summed E-state index contributed by atoms with van der Waals surface area (Å²) in [5.74, 6) is 0.168. The average Bonchev–Trinajstić information content (AvgIpc) is 2.29. The van der Waals surface area contributed by atoms with Crippen molar-refractivity contribution >= 4 is 22.4 Å². The Kier molecular flexibility index (Phi) is 2.77. The van der Waals surface area contributed by atoms with E-state index in [2.05, 4.69) is 5.32 Å². The van der Waals surface area contributed by atoms with Crippen LogP contribution in [0.1, 0.15) is 13.3 Å². The van der Waals surface area contributed by atoms with Gasteiger partial charge in [-0.2, -0.15) is 0 Å². The number of nitrogens with one attached hydrogen (secondary N) is 1. The van der Waals surface area contributed by atoms with Gasteiger partial charge in [-0.25, -0.2) is 0 Å². The second-order valence-electron chi connectivity index (χ2n) is 3.61. The molecule has 0 aliphatic heterocycles. The van der Waals surface area contributed by atoms with Gasteiger partial charge in [0.2, 0.25) is 5.91 Å². The summed E-state index contributed by atoms with van der Waals surface area (Å²) in [6, 6.07) is 10.8. The molecule has 2 aromatic rings. The molecular formula is C13H13NO2. The third-order valence-corrected chi connectivity index (χ3v) is 2.46. The molecule has 0 aromatic heterocycles. The van der Waals surface area contributed by atoms with Crippen LogP contribution in [0.25, 0.3) is 10.8 Å². The lowest BCUT2D eigenvalue weighted by molar-refractivity contribution is -0.115. The van der Waals surface area contributed by atoms with Gasteiger partial charge < -0.3 is 10.4 Å². The molecule has 3 heteroatoms. The van der Waals surface area contributed by atoms with E-state index in [1.54, 1.807) is 19.1 Å². The van der Waals surface area contributed by atoms with Crippen LogP contribution in [0, 0.1) is 0 Å². The van der Waals surface area contributed by atoms with Gasteiger partial charge in [-0.05, 0) is 23.6 Å². The first-order valence-corrected chi connectivity index (χ1v) is 5.22. The zero-order valence-corrected chi connectivity index (χ0v) is 9.03. The van der Waals surface area contributed by atoms with Crippen molar-refractivity contribution in [3.8, 4) is 5.75 Å². The summed E-state index contributed by atoms with van der Waals surface area (Å²) in [6.45, 7) is 1.80. The lowest BCUT2D eigenvalue weighted by Crippen LogP contribution is -2.09. The van der Waals surface area contributed by atoms with Crippen LogP contribution in [-0.2, 0) is 4.79 Å². The zero-order valence-electron chi connectivity index (χ0n) is 9.03. The maximum atomic E-state index is 11.3. The molecule has 3 nitrogen and oxygen atoms in total. The van der Waals surface area contributed by atoms with Gasteiger partial charge in [0, 0.05) is 17.5 Å². The van der Waals surface area contributed by atoms with Crippen molar-refractivity contribution in [2.24, 2.45) is 0 Å². The van der Waals surface area contributed by atoms with Crippen molar-refractivity contribution < 1.29 is 9.90 Å². The molecule has 0 aliphatic carbocycles. The molecule has 2 N–H and O–H groups in total. The molecule has 16 heavy (non-hydrogen) atoms. The topological polar surface area (TPSA) is 49.3 Å². The van der Waals surface area contributed by atoms with E-state index in [1.807, 2.05) is 24.3 Å². The lowest BCUT2D eigenvalue weighted by atomic mass is 10.1. The summed E-state index contributed by atoms with van der Waals surface area (Å²) in [6.07, 6.45) is 0.440. The van der Waals surface area contributed by atoms with Gasteiger partial charge in [0.1, 0.15) is 5.75 Å². The number of fused-ring (bicyclic) bond motifs is 1. The van der Waals surface area contributed by atoms with E-state index in [0.717, 1.165) is 16.5 Å². The standard InChI is InChI=1S/C13H13NO2/c1-2-13(16)14-12-5-3-4-9-6-7-10(15)8-11(9)12/h3-8,15H,2H2,1H3,(H,14,16). The number of rotatable bonds is 2. The van der Waals surface area contributed by atoms with Gasteiger partial charge in [0.05, 0.1) is 0 Å². The van der Waals surface area contributed by atoms with E-state index >= 15 is 0 Å². The number of hydrogen-bond acceptors (Lipinski definition) is 2. The van der Waals surface area contributed by atoms with E-state index in [0.29, 0.717) is 6.42 Å². The molecule has 0 atom stereocenters. The second-order valence-corrected chi connectivity index (χ2v) is 3.61. The molecule has 1 amide bonds. The van der Waals surface area contributed by atoms with Crippen LogP contribution in [0.15, 0.2) is 36.4 Å². The van der Waals surface area contributed by atoms with Gasteiger partial charge >= 0.3 is 0 Å². The summed E-state index contributed by atoms with van der Waals surface area (Å²) in [5.41, 5.74) is 0.736. The normalized spacial score (nSPS) is 10.3. The molecule has 0 fully saturated rings. The smallest absolute Gasteiger partial charge is 0.224 e. The monoisotopic (exact) mass is 215 g/mol. The van der Waals surface area contributed by atoms with E-state index in [9.17, 15) is 9.90 Å². The van der Waals surface area contributed by atoms with Crippen LogP contribution in [0.4, 0.5) is 5.69 Å². The van der Waals surface area contributed by atoms with Crippen LogP contribution < -0.4 is 5.32 Å². The van der Waals surface area contributed by atoms with Crippen LogP contribution in [-0.4, -0.2) is 11.0 Å². The van der Waals surface area contributed by atoms with Crippen molar-refractivity contribution in [1.29, 1.82) is 0 Å². The third-order valence-electron chi connectivity index (χ3n) is 2.46. The quantitative estimate of drug-likeness (QED) is 0.809. The highest BCUT2D eigenvalue weighted by molar-refractivity contribution is 6.02. The number of aromatic hydroxyl groups is 1. The zero-order chi connectivity index (χ0) is 11.5. The van der Waals surface area contributed by atoms with Crippen LogP contribution in [0.2, 0.25) is 0 Å². The second kappa shape index (κ2) is 4.23. The molecule has 0 unspecified atom stereocenters. The molecule has 2 rings (SSSR count). The number of benzene rings is 2. The van der Waals surface area contributed by atoms with Gasteiger partial charge in [0.25, 0.3) is 0 Å². The van der Waals surface area contributed by atoms with E-state index < -0.39 is 0 Å². The molecule has 0 saturated heterocycles. The molecule has 0 aliphatic rings. The summed E-state index contributed by atoms with van der Waals surface area (Å²) < 4.78 is 0. The first-order valence-electron chi connectivity index (χ1n) is 5.22. The Balaban J connectivity index is 2.52. The fraction of sp³-hybridized carbons (Fsp3) is 0.154. The molecule has 0 saturated carbocycles. The Morgan fingerprint density at radius 2 is 2.12 bits per heavy atom. The molecule has 2 aromatic carbocycles. The summed E-state index contributed by atoms with van der Waals surface area (Å²) in [5, 5.41) is 14.1. The molecule has 0 bridgehead atoms. The van der Waals surface area contributed by atoms with Gasteiger partial charge in [-0.15, -0.1) is 0 Å². The Hall–Kier alpha value is -2.03. The largest absolute Gasteiger partial charge is 0.508 e. The highest BCUT2D eigenvalue weighted by Gasteiger charge is 2.04. The molecule has 82 valence electrons. The summed E-state index contributed by atoms with van der Waals surface area (Å²) >= 11 is 0. The van der Waals surface area contributed by atoms with E-state index in [1.165, 1.54) is 0 Å².